The third kappa shape index (κ3) is 3.05. The summed E-state index contributed by atoms with van der Waals surface area (Å²) in [7, 11) is 1.84. The van der Waals surface area contributed by atoms with Gasteiger partial charge in [0, 0.05) is 20.5 Å². The number of benzene rings is 1. The Bertz CT molecular complexity index is 680. The highest BCUT2D eigenvalue weighted by molar-refractivity contribution is 7.19. The van der Waals surface area contributed by atoms with Crippen LogP contribution in [0.3, 0.4) is 0 Å². The van der Waals surface area contributed by atoms with Crippen LogP contribution in [0.5, 0.6) is 0 Å². The number of anilines is 2. The van der Waals surface area contributed by atoms with E-state index in [1.54, 1.807) is 0 Å². The molecule has 0 fully saturated rings. The number of amides is 1. The number of rotatable bonds is 5. The summed E-state index contributed by atoms with van der Waals surface area (Å²) in [6.07, 6.45) is 0. The Kier molecular flexibility index (Phi) is 4.28. The highest BCUT2D eigenvalue weighted by Crippen LogP contribution is 2.38. The number of carbonyl (C=O) groups is 2. The molecule has 0 atom stereocenters. The number of nitrogens with zero attached hydrogens (tertiary/aromatic N) is 1. The molecule has 110 valence electrons. The van der Waals surface area contributed by atoms with Gasteiger partial charge in [0.2, 0.25) is 0 Å². The summed E-state index contributed by atoms with van der Waals surface area (Å²) in [5, 5.41) is 0.619. The van der Waals surface area contributed by atoms with Gasteiger partial charge in [0.15, 0.2) is 5.78 Å². The molecule has 0 aliphatic rings. The quantitative estimate of drug-likeness (QED) is 0.829. The minimum Gasteiger partial charge on any atom is -0.397 e. The minimum atomic E-state index is -0.619. The number of thiophene rings is 1. The van der Waals surface area contributed by atoms with Crippen LogP contribution in [0.1, 0.15) is 32.5 Å². The van der Waals surface area contributed by atoms with Crippen LogP contribution < -0.4 is 16.4 Å². The zero-order chi connectivity index (χ0) is 15.6. The molecule has 2 rings (SSSR count). The van der Waals surface area contributed by atoms with E-state index < -0.39 is 5.91 Å². The summed E-state index contributed by atoms with van der Waals surface area (Å²) in [6.45, 7) is 2.02. The first kappa shape index (κ1) is 15.1. The lowest BCUT2D eigenvalue weighted by molar-refractivity contribution is 0.100. The van der Waals surface area contributed by atoms with E-state index in [4.69, 9.17) is 11.5 Å². The van der Waals surface area contributed by atoms with E-state index in [2.05, 4.69) is 0 Å². The molecule has 5 nitrogen and oxygen atoms in total. The zero-order valence-electron chi connectivity index (χ0n) is 11.9. The van der Waals surface area contributed by atoms with Crippen LogP contribution in [0.25, 0.3) is 0 Å². The van der Waals surface area contributed by atoms with Gasteiger partial charge in [-0.15, -0.1) is 11.3 Å². The minimum absolute atomic E-state index is 0.167. The van der Waals surface area contributed by atoms with Crippen molar-refractivity contribution in [2.45, 2.75) is 13.5 Å². The topological polar surface area (TPSA) is 89.4 Å². The average Bonchev–Trinajstić information content (AvgIpc) is 2.78. The molecule has 1 amide bonds. The molecule has 0 saturated carbocycles. The van der Waals surface area contributed by atoms with Crippen LogP contribution in [0.4, 0.5) is 10.7 Å². The first-order chi connectivity index (χ1) is 9.91. The van der Waals surface area contributed by atoms with Crippen LogP contribution in [0, 0.1) is 0 Å². The molecule has 0 bridgehead atoms. The Hall–Kier alpha value is -2.34. The maximum atomic E-state index is 11.6. The molecule has 2 aromatic rings. The molecule has 1 aromatic heterocycles. The lowest BCUT2D eigenvalue weighted by Gasteiger charge is -2.18. The van der Waals surface area contributed by atoms with Gasteiger partial charge in [0.1, 0.15) is 5.00 Å². The monoisotopic (exact) mass is 303 g/mol. The molecule has 1 aromatic carbocycles. The summed E-state index contributed by atoms with van der Waals surface area (Å²) < 4.78 is 0. The van der Waals surface area contributed by atoms with E-state index in [0.717, 1.165) is 5.56 Å². The van der Waals surface area contributed by atoms with Crippen LogP contribution >= 0.6 is 11.3 Å². The second-order valence-corrected chi connectivity index (χ2v) is 5.79. The maximum absolute atomic E-state index is 11.6. The van der Waals surface area contributed by atoms with Crippen LogP contribution in [0.15, 0.2) is 30.3 Å². The van der Waals surface area contributed by atoms with E-state index in [-0.39, 0.29) is 17.0 Å². The molecule has 0 spiro atoms. The first-order valence-corrected chi connectivity index (χ1v) is 7.21. The third-order valence-corrected chi connectivity index (χ3v) is 4.52. The van der Waals surface area contributed by atoms with Gasteiger partial charge >= 0.3 is 0 Å². The first-order valence-electron chi connectivity index (χ1n) is 6.40. The second-order valence-electron chi connectivity index (χ2n) is 4.79. The van der Waals surface area contributed by atoms with Crippen molar-refractivity contribution in [2.75, 3.05) is 17.7 Å². The summed E-state index contributed by atoms with van der Waals surface area (Å²) in [5.41, 5.74) is 12.8. The molecule has 0 unspecified atom stereocenters. The Balaban J connectivity index is 2.40. The van der Waals surface area contributed by atoms with E-state index in [9.17, 15) is 9.59 Å². The maximum Gasteiger partial charge on any atom is 0.253 e. The Labute approximate surface area is 127 Å². The third-order valence-electron chi connectivity index (χ3n) is 3.10. The Morgan fingerprint density at radius 1 is 1.24 bits per heavy atom. The zero-order valence-corrected chi connectivity index (χ0v) is 12.7. The number of hydrogen-bond donors (Lipinski definition) is 2. The van der Waals surface area contributed by atoms with Gasteiger partial charge in [0.05, 0.1) is 16.1 Å². The molecule has 21 heavy (non-hydrogen) atoms. The normalized spacial score (nSPS) is 10.4. The molecule has 4 N–H and O–H groups in total. The standard InChI is InChI=1S/C15H17N3O2S/c1-9(19)13-12(16)11(14(17)20)15(21-13)18(2)8-10-6-4-3-5-7-10/h3-7H,8,16H2,1-2H3,(H2,17,20). The van der Waals surface area contributed by atoms with E-state index in [0.29, 0.717) is 16.4 Å². The number of hydrogen-bond acceptors (Lipinski definition) is 5. The van der Waals surface area contributed by atoms with Crippen molar-refractivity contribution in [3.8, 4) is 0 Å². The van der Waals surface area contributed by atoms with Gasteiger partial charge < -0.3 is 16.4 Å². The molecule has 1 heterocycles. The number of primary amides is 1. The van der Waals surface area contributed by atoms with Crippen molar-refractivity contribution in [2.24, 2.45) is 5.73 Å². The fraction of sp³-hybridized carbons (Fsp3) is 0.200. The summed E-state index contributed by atoms with van der Waals surface area (Å²) in [4.78, 5) is 25.5. The molecule has 0 aliphatic heterocycles. The summed E-state index contributed by atoms with van der Waals surface area (Å²) >= 11 is 1.20. The lowest BCUT2D eigenvalue weighted by atomic mass is 10.2. The van der Waals surface area contributed by atoms with Crippen molar-refractivity contribution in [1.82, 2.24) is 0 Å². The van der Waals surface area contributed by atoms with Gasteiger partial charge in [-0.05, 0) is 5.56 Å². The van der Waals surface area contributed by atoms with Crippen molar-refractivity contribution >= 4 is 33.7 Å². The number of ketones is 1. The van der Waals surface area contributed by atoms with E-state index in [1.807, 2.05) is 42.3 Å². The summed E-state index contributed by atoms with van der Waals surface area (Å²) in [5.74, 6) is -0.787. The van der Waals surface area contributed by atoms with Gasteiger partial charge in [0.25, 0.3) is 5.91 Å². The lowest BCUT2D eigenvalue weighted by Crippen LogP contribution is -2.21. The number of carbonyl (C=O) groups excluding carboxylic acids is 2. The molecular formula is C15H17N3O2S. The van der Waals surface area contributed by atoms with Crippen LogP contribution in [0.2, 0.25) is 0 Å². The average molecular weight is 303 g/mol. The van der Waals surface area contributed by atoms with Gasteiger partial charge in [-0.3, -0.25) is 9.59 Å². The Morgan fingerprint density at radius 2 is 1.86 bits per heavy atom. The van der Waals surface area contributed by atoms with Gasteiger partial charge in [-0.25, -0.2) is 0 Å². The SMILES string of the molecule is CC(=O)c1sc(N(C)Cc2ccccc2)c(C(N)=O)c1N. The number of nitrogen functional groups attached to an aromatic ring is 1. The molecule has 0 saturated heterocycles. The van der Waals surface area contributed by atoms with Gasteiger partial charge in [-0.2, -0.15) is 0 Å². The largest absolute Gasteiger partial charge is 0.397 e. The number of nitrogens with two attached hydrogens (primary N) is 2. The van der Waals surface area contributed by atoms with Crippen LogP contribution in [-0.2, 0) is 6.54 Å². The van der Waals surface area contributed by atoms with Crippen molar-refractivity contribution in [3.63, 3.8) is 0 Å². The highest BCUT2D eigenvalue weighted by Gasteiger charge is 2.24. The predicted octanol–water partition coefficient (Wildman–Crippen LogP) is 2.27. The van der Waals surface area contributed by atoms with Crippen molar-refractivity contribution in [1.29, 1.82) is 0 Å². The van der Waals surface area contributed by atoms with Crippen molar-refractivity contribution < 1.29 is 9.59 Å². The molecule has 6 heteroatoms. The van der Waals surface area contributed by atoms with E-state index in [1.165, 1.54) is 18.3 Å². The fourth-order valence-electron chi connectivity index (χ4n) is 2.13. The summed E-state index contributed by atoms with van der Waals surface area (Å²) in [6, 6.07) is 9.81. The molecule has 0 radical (unpaired) electrons. The number of Topliss-reactive ketones (excluding diaryl/α,β-unsaturated/α-hetero) is 1. The molecular weight excluding hydrogens is 286 g/mol. The highest BCUT2D eigenvalue weighted by atomic mass is 32.1. The predicted molar refractivity (Wildman–Crippen MR) is 85.8 cm³/mol. The fourth-order valence-corrected chi connectivity index (χ4v) is 3.21. The Morgan fingerprint density at radius 3 is 2.38 bits per heavy atom. The van der Waals surface area contributed by atoms with E-state index >= 15 is 0 Å². The molecule has 0 aliphatic carbocycles. The second kappa shape index (κ2) is 5.97. The van der Waals surface area contributed by atoms with Gasteiger partial charge in [-0.1, -0.05) is 30.3 Å². The van der Waals surface area contributed by atoms with Crippen LogP contribution in [-0.4, -0.2) is 18.7 Å². The van der Waals surface area contributed by atoms with Crippen molar-refractivity contribution in [3.05, 3.63) is 46.3 Å². The smallest absolute Gasteiger partial charge is 0.253 e.